The standard InChI is InChI=1S/C79H110N18O21/c1-40(2)32-54(94-77(115)60(39-98)90-62(101)38-80)71(109)85-41(3)64(102)82-45(7)68(106)91-56(34-51-26-18-13-19-27-51)74(112)95-55(33-50-24-16-12-17-25-50)72(110)86-42(4)65(103)83-46(8)69(107)92-57(35-52-28-20-14-21-29-52)75(113)96-59(37-61(81)100)73(111)87-43(5)66(104)84-47(9)70(108)93-58(36-53-30-22-15-23-31-53)76(114)97-63(49(11)99)78(116)88-44(6)67(105)89-48(10)79(117)118/h12-31,40-49,54-60,63,98-99H,32-39,80H2,1-11H3,(H2,81,100)(H,82,102)(H,83,103)(H,84,104)(H,85,109)(H,86,110)(H,87,111)(H,88,116)(H,89,105)(H,90,101)(H,91,106)(H,92,107)(H,93,108)(H,94,115)(H,95,112)(H,96,113)(H,97,114)(H,117,118)/t41-,42-,43-,44-,45-,46-,47-,48-,49+,54-,55-,56-,57-,58-,59-,60-,63-/m0/s1. The third-order valence-electron chi connectivity index (χ3n) is 18.1. The molecule has 0 saturated carbocycles. The Morgan fingerprint density at radius 3 is 0.822 bits per heavy atom. The molecule has 0 aromatic heterocycles. The van der Waals surface area contributed by atoms with Crippen LogP contribution in [0.15, 0.2) is 121 Å². The highest BCUT2D eigenvalue weighted by Crippen LogP contribution is 2.13. The summed E-state index contributed by atoms with van der Waals surface area (Å²) in [5, 5.41) is 68.6. The Morgan fingerprint density at radius 2 is 0.534 bits per heavy atom. The van der Waals surface area contributed by atoms with E-state index in [4.69, 9.17) is 11.5 Å². The minimum absolute atomic E-state index is 0.0712. The molecule has 0 radical (unpaired) electrons. The van der Waals surface area contributed by atoms with Gasteiger partial charge in [-0.3, -0.25) is 86.3 Å². The van der Waals surface area contributed by atoms with Gasteiger partial charge < -0.3 is 112 Å². The van der Waals surface area contributed by atoms with Crippen LogP contribution >= 0.6 is 0 Å². The Morgan fingerprint density at radius 1 is 0.297 bits per heavy atom. The molecule has 0 aliphatic carbocycles. The fourth-order valence-corrected chi connectivity index (χ4v) is 11.3. The van der Waals surface area contributed by atoms with E-state index in [1.807, 2.05) is 0 Å². The molecule has 0 unspecified atom stereocenters. The van der Waals surface area contributed by atoms with Crippen molar-refractivity contribution in [2.45, 2.75) is 217 Å². The van der Waals surface area contributed by atoms with E-state index in [1.54, 1.807) is 135 Å². The lowest BCUT2D eigenvalue weighted by atomic mass is 10.0. The van der Waals surface area contributed by atoms with Gasteiger partial charge in [-0.1, -0.05) is 135 Å². The smallest absolute Gasteiger partial charge is 0.325 e. The fourth-order valence-electron chi connectivity index (χ4n) is 11.3. The average molecular weight is 1650 g/mol. The number of hydrogen-bond donors (Lipinski definition) is 21. The van der Waals surface area contributed by atoms with Crippen molar-refractivity contribution < 1.29 is 102 Å². The van der Waals surface area contributed by atoms with E-state index in [9.17, 15) is 102 Å². The molecular weight excluding hydrogens is 1540 g/mol. The van der Waals surface area contributed by atoms with Gasteiger partial charge >= 0.3 is 5.97 Å². The van der Waals surface area contributed by atoms with E-state index < -0.39 is 229 Å². The van der Waals surface area contributed by atoms with Gasteiger partial charge in [-0.05, 0) is 96.9 Å². The predicted octanol–water partition coefficient (Wildman–Crippen LogP) is -5.79. The van der Waals surface area contributed by atoms with Crippen molar-refractivity contribution in [1.29, 1.82) is 0 Å². The highest BCUT2D eigenvalue weighted by atomic mass is 16.4. The summed E-state index contributed by atoms with van der Waals surface area (Å²) < 4.78 is 0. The number of nitrogens with two attached hydrogens (primary N) is 2. The Balaban J connectivity index is 1.46. The first-order valence-corrected chi connectivity index (χ1v) is 38.1. The molecule has 17 amide bonds. The predicted molar refractivity (Wildman–Crippen MR) is 426 cm³/mol. The van der Waals surface area contributed by atoms with Gasteiger partial charge in [0.2, 0.25) is 100 Å². The van der Waals surface area contributed by atoms with Crippen LogP contribution in [-0.2, 0) is 112 Å². The lowest BCUT2D eigenvalue weighted by Crippen LogP contribution is -2.61. The van der Waals surface area contributed by atoms with Crippen LogP contribution in [0, 0.1) is 5.92 Å². The minimum atomic E-state index is -1.82. The Labute approximate surface area is 681 Å². The summed E-state index contributed by atoms with van der Waals surface area (Å²) in [6.45, 7) is 13.4. The summed E-state index contributed by atoms with van der Waals surface area (Å²) in [6.07, 6.45) is -3.14. The molecule has 0 spiro atoms. The molecule has 39 nitrogen and oxygen atoms in total. The molecule has 642 valence electrons. The Kier molecular flexibility index (Phi) is 40.2. The number of hydrogen-bond acceptors (Lipinski definition) is 21. The first kappa shape index (κ1) is 97.6. The number of aliphatic hydroxyl groups excluding tert-OH is 2. The molecule has 0 aliphatic rings. The average Bonchev–Trinajstić information content (AvgIpc) is 0.854. The van der Waals surface area contributed by atoms with Gasteiger partial charge in [-0.15, -0.1) is 0 Å². The van der Waals surface area contributed by atoms with Crippen molar-refractivity contribution in [2.75, 3.05) is 13.2 Å². The number of nitrogens with one attached hydrogen (secondary N) is 16. The number of primary amides is 1. The van der Waals surface area contributed by atoms with Gasteiger partial charge in [0.1, 0.15) is 96.7 Å². The molecule has 0 fully saturated rings. The van der Waals surface area contributed by atoms with E-state index >= 15 is 0 Å². The molecule has 0 saturated heterocycles. The number of aliphatic carboxylic acids is 1. The van der Waals surface area contributed by atoms with Crippen LogP contribution < -0.4 is 96.5 Å². The number of carbonyl (C=O) groups is 18. The molecule has 4 aromatic carbocycles. The maximum absolute atomic E-state index is 14.6. The molecule has 118 heavy (non-hydrogen) atoms. The third-order valence-corrected chi connectivity index (χ3v) is 18.1. The Hall–Kier alpha value is -12.8. The fraction of sp³-hybridized carbons (Fsp3) is 0.468. The van der Waals surface area contributed by atoms with Crippen LogP contribution in [0.3, 0.4) is 0 Å². The second-order valence-corrected chi connectivity index (χ2v) is 28.8. The molecular formula is C79H110N18O21. The highest BCUT2D eigenvalue weighted by Gasteiger charge is 2.38. The number of carbonyl (C=O) groups excluding carboxylic acids is 17. The zero-order valence-electron chi connectivity index (χ0n) is 67.4. The lowest BCUT2D eigenvalue weighted by molar-refractivity contribution is -0.142. The first-order chi connectivity index (χ1) is 55.6. The first-order valence-electron chi connectivity index (χ1n) is 38.1. The topological polar surface area (TPSA) is 612 Å². The maximum atomic E-state index is 14.6. The van der Waals surface area contributed by atoms with Gasteiger partial charge in [0.15, 0.2) is 0 Å². The molecule has 0 aliphatic heterocycles. The van der Waals surface area contributed by atoms with Crippen molar-refractivity contribution in [1.82, 2.24) is 85.1 Å². The van der Waals surface area contributed by atoms with E-state index in [0.29, 0.717) is 22.3 Å². The number of benzene rings is 4. The number of carboxylic acids is 1. The number of aliphatic hydroxyl groups is 2. The summed E-state index contributed by atoms with van der Waals surface area (Å²) >= 11 is 0. The van der Waals surface area contributed by atoms with E-state index in [0.717, 1.165) is 6.92 Å². The van der Waals surface area contributed by atoms with Crippen LogP contribution in [0.4, 0.5) is 0 Å². The lowest BCUT2D eigenvalue weighted by Gasteiger charge is -2.27. The summed E-state index contributed by atoms with van der Waals surface area (Å²) in [7, 11) is 0. The molecule has 0 bridgehead atoms. The zero-order chi connectivity index (χ0) is 88.2. The van der Waals surface area contributed by atoms with Crippen molar-refractivity contribution in [3.05, 3.63) is 144 Å². The summed E-state index contributed by atoms with van der Waals surface area (Å²) in [4.78, 5) is 243. The summed E-state index contributed by atoms with van der Waals surface area (Å²) in [5.74, 6) is -17.6. The summed E-state index contributed by atoms with van der Waals surface area (Å²) in [6, 6.07) is 9.81. The number of carboxylic acid groups (broad SMARTS) is 1. The van der Waals surface area contributed by atoms with Crippen LogP contribution in [0.5, 0.6) is 0 Å². The zero-order valence-corrected chi connectivity index (χ0v) is 67.4. The van der Waals surface area contributed by atoms with E-state index in [2.05, 4.69) is 85.1 Å². The van der Waals surface area contributed by atoms with Crippen molar-refractivity contribution in [2.24, 2.45) is 17.4 Å². The van der Waals surface area contributed by atoms with Gasteiger partial charge in [0.25, 0.3) is 0 Å². The van der Waals surface area contributed by atoms with Crippen LogP contribution in [-0.4, -0.2) is 238 Å². The minimum Gasteiger partial charge on any atom is -0.480 e. The van der Waals surface area contributed by atoms with E-state index in [-0.39, 0.29) is 38.0 Å². The van der Waals surface area contributed by atoms with Crippen molar-refractivity contribution in [3.8, 4) is 0 Å². The van der Waals surface area contributed by atoms with Crippen LogP contribution in [0.2, 0.25) is 0 Å². The SMILES string of the molecule is CC(C)C[C@H](NC(=O)[C@H](CO)NC(=O)CN)C(=O)N[C@@H](C)C(=O)N[C@@H](C)C(=O)N[C@@H](Cc1ccccc1)C(=O)N[C@@H](Cc1ccccc1)C(=O)N[C@@H](C)C(=O)N[C@@H](C)C(=O)N[C@@H](Cc1ccccc1)C(=O)N[C@@H](CC(N)=O)C(=O)N[C@@H](C)C(=O)N[C@@H](C)C(=O)N[C@@H](Cc1ccccc1)C(=O)N[C@H](C(=O)N[C@@H](C)C(=O)N[C@@H](C)C(=O)O)[C@@H](C)O. The molecule has 4 aromatic rings. The normalized spacial score (nSPS) is 15.3. The highest BCUT2D eigenvalue weighted by molar-refractivity contribution is 6.01. The van der Waals surface area contributed by atoms with Crippen LogP contribution in [0.25, 0.3) is 0 Å². The second kappa shape index (κ2) is 48.6. The maximum Gasteiger partial charge on any atom is 0.325 e. The molecule has 4 rings (SSSR count). The van der Waals surface area contributed by atoms with Crippen molar-refractivity contribution >= 4 is 106 Å². The molecule has 0 heterocycles. The quantitative estimate of drug-likeness (QED) is 0.0196. The molecule has 23 N–H and O–H groups in total. The van der Waals surface area contributed by atoms with Gasteiger partial charge in [0.05, 0.1) is 25.7 Å². The molecule has 39 heteroatoms. The van der Waals surface area contributed by atoms with Gasteiger partial charge in [-0.25, -0.2) is 0 Å². The van der Waals surface area contributed by atoms with Gasteiger partial charge in [-0.2, -0.15) is 0 Å². The van der Waals surface area contributed by atoms with E-state index in [1.165, 1.54) is 55.4 Å². The number of rotatable bonds is 47. The second-order valence-electron chi connectivity index (χ2n) is 28.8. The monoisotopic (exact) mass is 1650 g/mol. The Bertz CT molecular complexity index is 4150. The largest absolute Gasteiger partial charge is 0.480 e. The van der Waals surface area contributed by atoms with Crippen molar-refractivity contribution in [3.63, 3.8) is 0 Å². The number of amides is 17. The third kappa shape index (κ3) is 33.6. The summed E-state index contributed by atoms with van der Waals surface area (Å²) in [5.41, 5.74) is 13.0. The molecule has 17 atom stereocenters. The van der Waals surface area contributed by atoms with Crippen LogP contribution in [0.1, 0.15) is 111 Å². The van der Waals surface area contributed by atoms with Gasteiger partial charge in [0, 0.05) is 25.7 Å².